The summed E-state index contributed by atoms with van der Waals surface area (Å²) in [6, 6.07) is 18.7. The van der Waals surface area contributed by atoms with E-state index in [1.165, 1.54) is 16.1 Å². The Kier molecular flexibility index (Phi) is 7.86. The second-order valence-electron chi connectivity index (χ2n) is 8.01. The molecule has 1 saturated heterocycles. The number of rotatable bonds is 9. The SMILES string of the molecule is COc1ccc(N2C(=O)[C@H](CC(=O)NCCc3ccccc3)N(NC(=O)c3cccnc3)C2=S)cc1. The largest absolute Gasteiger partial charge is 0.497 e. The van der Waals surface area contributed by atoms with Gasteiger partial charge in [0.05, 0.1) is 24.8 Å². The van der Waals surface area contributed by atoms with Gasteiger partial charge in [0, 0.05) is 18.9 Å². The molecule has 0 aliphatic carbocycles. The Labute approximate surface area is 214 Å². The number of ether oxygens (including phenoxy) is 1. The molecule has 4 rings (SSSR count). The zero-order valence-electron chi connectivity index (χ0n) is 19.6. The van der Waals surface area contributed by atoms with Crippen molar-refractivity contribution in [1.29, 1.82) is 0 Å². The van der Waals surface area contributed by atoms with Gasteiger partial charge < -0.3 is 10.1 Å². The maximum Gasteiger partial charge on any atom is 0.271 e. The number of pyridine rings is 1. The van der Waals surface area contributed by atoms with Gasteiger partial charge in [-0.05, 0) is 60.6 Å². The Morgan fingerprint density at radius 3 is 2.47 bits per heavy atom. The van der Waals surface area contributed by atoms with Gasteiger partial charge in [-0.25, -0.2) is 5.01 Å². The minimum Gasteiger partial charge on any atom is -0.497 e. The standard InChI is InChI=1S/C26H25N5O4S/c1-35-21-11-9-20(10-12-21)30-25(34)22(16-23(32)28-15-13-18-6-3-2-4-7-18)31(26(30)36)29-24(33)19-8-5-14-27-17-19/h2-12,14,17,22H,13,15-16H2,1H3,(H,28,32)(H,29,33)/t22-/m0/s1. The fourth-order valence-corrected chi connectivity index (χ4v) is 4.15. The highest BCUT2D eigenvalue weighted by Crippen LogP contribution is 2.27. The van der Waals surface area contributed by atoms with Crippen molar-refractivity contribution in [3.8, 4) is 5.75 Å². The van der Waals surface area contributed by atoms with Gasteiger partial charge in [0.25, 0.3) is 11.8 Å². The molecule has 1 aliphatic heterocycles. The minimum atomic E-state index is -1.02. The smallest absolute Gasteiger partial charge is 0.271 e. The van der Waals surface area contributed by atoms with Crippen LogP contribution in [-0.4, -0.2) is 52.5 Å². The molecular weight excluding hydrogens is 478 g/mol. The first-order chi connectivity index (χ1) is 17.5. The number of nitrogens with zero attached hydrogens (tertiary/aromatic N) is 3. The second kappa shape index (κ2) is 11.4. The van der Waals surface area contributed by atoms with Crippen LogP contribution in [0.15, 0.2) is 79.1 Å². The lowest BCUT2D eigenvalue weighted by molar-refractivity contribution is -0.127. The molecule has 0 saturated carbocycles. The molecule has 2 heterocycles. The summed E-state index contributed by atoms with van der Waals surface area (Å²) < 4.78 is 5.19. The van der Waals surface area contributed by atoms with E-state index >= 15 is 0 Å². The molecule has 0 unspecified atom stereocenters. The maximum atomic E-state index is 13.5. The highest BCUT2D eigenvalue weighted by Gasteiger charge is 2.45. The second-order valence-corrected chi connectivity index (χ2v) is 8.38. The van der Waals surface area contributed by atoms with E-state index in [1.54, 1.807) is 49.7 Å². The highest BCUT2D eigenvalue weighted by molar-refractivity contribution is 7.80. The van der Waals surface area contributed by atoms with Crippen molar-refractivity contribution >= 4 is 40.7 Å². The number of aromatic nitrogens is 1. The summed E-state index contributed by atoms with van der Waals surface area (Å²) in [5.74, 6) is -0.629. The Morgan fingerprint density at radius 2 is 1.81 bits per heavy atom. The number of hydrazine groups is 1. The van der Waals surface area contributed by atoms with E-state index in [-0.39, 0.29) is 17.4 Å². The lowest BCUT2D eigenvalue weighted by Gasteiger charge is -2.24. The molecule has 3 aromatic rings. The molecular formula is C26H25N5O4S. The van der Waals surface area contributed by atoms with Crippen LogP contribution in [0.3, 0.4) is 0 Å². The predicted molar refractivity (Wildman–Crippen MR) is 138 cm³/mol. The van der Waals surface area contributed by atoms with Crippen LogP contribution < -0.4 is 20.4 Å². The summed E-state index contributed by atoms with van der Waals surface area (Å²) in [6.45, 7) is 0.415. The normalized spacial score (nSPS) is 15.1. The number of hydrogen-bond donors (Lipinski definition) is 2. The summed E-state index contributed by atoms with van der Waals surface area (Å²) in [4.78, 5) is 44.3. The van der Waals surface area contributed by atoms with Crippen LogP contribution >= 0.6 is 12.2 Å². The van der Waals surface area contributed by atoms with Crippen molar-refractivity contribution in [2.24, 2.45) is 0 Å². The van der Waals surface area contributed by atoms with Crippen LogP contribution in [0.5, 0.6) is 5.75 Å². The number of benzene rings is 2. The lowest BCUT2D eigenvalue weighted by Crippen LogP contribution is -2.50. The number of nitrogens with one attached hydrogen (secondary N) is 2. The van der Waals surface area contributed by atoms with Crippen LogP contribution in [0.4, 0.5) is 5.69 Å². The van der Waals surface area contributed by atoms with Gasteiger partial charge >= 0.3 is 0 Å². The van der Waals surface area contributed by atoms with Crippen LogP contribution in [0.1, 0.15) is 22.3 Å². The zero-order valence-corrected chi connectivity index (χ0v) is 20.4. The van der Waals surface area contributed by atoms with Crippen LogP contribution in [0.25, 0.3) is 0 Å². The number of thiocarbonyl (C=S) groups is 1. The van der Waals surface area contributed by atoms with Crippen molar-refractivity contribution in [1.82, 2.24) is 20.7 Å². The molecule has 1 atom stereocenters. The van der Waals surface area contributed by atoms with Gasteiger partial charge in [-0.15, -0.1) is 0 Å². The van der Waals surface area contributed by atoms with E-state index in [4.69, 9.17) is 17.0 Å². The number of hydrogen-bond acceptors (Lipinski definition) is 6. The molecule has 1 fully saturated rings. The van der Waals surface area contributed by atoms with Gasteiger partial charge in [0.2, 0.25) is 11.0 Å². The first-order valence-corrected chi connectivity index (χ1v) is 11.7. The molecule has 0 radical (unpaired) electrons. The molecule has 1 aliphatic rings. The summed E-state index contributed by atoms with van der Waals surface area (Å²) in [5.41, 5.74) is 4.56. The molecule has 9 nitrogen and oxygen atoms in total. The van der Waals surface area contributed by atoms with E-state index in [9.17, 15) is 14.4 Å². The lowest BCUT2D eigenvalue weighted by atomic mass is 10.1. The van der Waals surface area contributed by atoms with E-state index in [0.29, 0.717) is 30.0 Å². The molecule has 36 heavy (non-hydrogen) atoms. The summed E-state index contributed by atoms with van der Waals surface area (Å²) in [7, 11) is 1.54. The first kappa shape index (κ1) is 24.8. The van der Waals surface area contributed by atoms with Gasteiger partial charge in [-0.3, -0.25) is 29.7 Å². The average molecular weight is 504 g/mol. The van der Waals surface area contributed by atoms with E-state index in [1.807, 2.05) is 30.3 Å². The fraction of sp³-hybridized carbons (Fsp3) is 0.192. The fourth-order valence-electron chi connectivity index (χ4n) is 3.78. The Morgan fingerprint density at radius 1 is 1.06 bits per heavy atom. The van der Waals surface area contributed by atoms with Gasteiger partial charge in [0.15, 0.2) is 0 Å². The maximum absolute atomic E-state index is 13.5. The number of methoxy groups -OCH3 is 1. The third kappa shape index (κ3) is 5.66. The first-order valence-electron chi connectivity index (χ1n) is 11.3. The summed E-state index contributed by atoms with van der Waals surface area (Å²) in [5, 5.41) is 4.18. The number of anilines is 1. The van der Waals surface area contributed by atoms with Crippen molar-refractivity contribution in [2.75, 3.05) is 18.6 Å². The van der Waals surface area contributed by atoms with Crippen molar-refractivity contribution in [2.45, 2.75) is 18.9 Å². The van der Waals surface area contributed by atoms with Crippen molar-refractivity contribution in [3.63, 3.8) is 0 Å². The van der Waals surface area contributed by atoms with E-state index in [2.05, 4.69) is 15.7 Å². The predicted octanol–water partition coefficient (Wildman–Crippen LogP) is 2.49. The minimum absolute atomic E-state index is 0.0597. The number of amides is 3. The molecule has 184 valence electrons. The molecule has 0 bridgehead atoms. The molecule has 2 N–H and O–H groups in total. The topological polar surface area (TPSA) is 104 Å². The molecule has 10 heteroatoms. The Balaban J connectivity index is 1.51. The van der Waals surface area contributed by atoms with Crippen LogP contribution in [0.2, 0.25) is 0 Å². The summed E-state index contributed by atoms with van der Waals surface area (Å²) >= 11 is 5.57. The van der Waals surface area contributed by atoms with Crippen molar-refractivity contribution in [3.05, 3.63) is 90.3 Å². The van der Waals surface area contributed by atoms with E-state index in [0.717, 1.165) is 5.56 Å². The molecule has 0 spiro atoms. The number of carbonyl (C=O) groups is 3. The molecule has 1 aromatic heterocycles. The van der Waals surface area contributed by atoms with Crippen LogP contribution in [0, 0.1) is 0 Å². The van der Waals surface area contributed by atoms with E-state index < -0.39 is 17.9 Å². The monoisotopic (exact) mass is 503 g/mol. The summed E-state index contributed by atoms with van der Waals surface area (Å²) in [6.07, 6.45) is 3.42. The quantitative estimate of drug-likeness (QED) is 0.433. The Hall–Kier alpha value is -4.31. The van der Waals surface area contributed by atoms with Gasteiger partial charge in [0.1, 0.15) is 11.8 Å². The molecule has 3 amide bonds. The van der Waals surface area contributed by atoms with Crippen molar-refractivity contribution < 1.29 is 19.1 Å². The molecule has 2 aromatic carbocycles. The van der Waals surface area contributed by atoms with Gasteiger partial charge in [-0.2, -0.15) is 0 Å². The highest BCUT2D eigenvalue weighted by atomic mass is 32.1. The third-order valence-corrected chi connectivity index (χ3v) is 6.03. The zero-order chi connectivity index (χ0) is 25.5. The van der Waals surface area contributed by atoms with Crippen LogP contribution in [-0.2, 0) is 16.0 Å². The van der Waals surface area contributed by atoms with Gasteiger partial charge in [-0.1, -0.05) is 30.3 Å². The number of carbonyl (C=O) groups excluding carboxylic acids is 3. The average Bonchev–Trinajstić information content (AvgIpc) is 3.13. The Bertz CT molecular complexity index is 1240. The third-order valence-electron chi connectivity index (χ3n) is 5.65.